The maximum Gasteiger partial charge on any atom is 0.172 e. The molecule has 1 heterocycles. The van der Waals surface area contributed by atoms with Crippen molar-refractivity contribution in [1.82, 2.24) is 5.16 Å². The molecule has 1 aromatic carbocycles. The van der Waals surface area contributed by atoms with Gasteiger partial charge in [0, 0.05) is 11.1 Å². The maximum atomic E-state index is 5.71. The van der Waals surface area contributed by atoms with Crippen molar-refractivity contribution in [2.24, 2.45) is 0 Å². The van der Waals surface area contributed by atoms with E-state index in [1.165, 1.54) is 0 Å². The number of nitrogens with two attached hydrogens (primary N) is 1. The Morgan fingerprint density at radius 3 is 2.73 bits per heavy atom. The third-order valence-corrected chi connectivity index (χ3v) is 2.20. The van der Waals surface area contributed by atoms with Crippen LogP contribution in [-0.4, -0.2) is 5.16 Å². The minimum Gasteiger partial charge on any atom is -0.381 e. The van der Waals surface area contributed by atoms with Gasteiger partial charge in [-0.15, -0.1) is 6.58 Å². The Morgan fingerprint density at radius 2 is 2.07 bits per heavy atom. The van der Waals surface area contributed by atoms with E-state index in [1.807, 2.05) is 30.3 Å². The topological polar surface area (TPSA) is 52.0 Å². The lowest BCUT2D eigenvalue weighted by Crippen LogP contribution is -1.91. The van der Waals surface area contributed by atoms with E-state index in [1.54, 1.807) is 6.08 Å². The lowest BCUT2D eigenvalue weighted by Gasteiger charge is -1.98. The average molecular weight is 200 g/mol. The minimum absolute atomic E-state index is 0.439. The van der Waals surface area contributed by atoms with Gasteiger partial charge in [0.05, 0.1) is 0 Å². The summed E-state index contributed by atoms with van der Waals surface area (Å²) in [7, 11) is 0. The van der Waals surface area contributed by atoms with Crippen LogP contribution in [0.3, 0.4) is 0 Å². The molecular formula is C12H12N2O. The molecule has 0 saturated heterocycles. The van der Waals surface area contributed by atoms with Gasteiger partial charge in [0.25, 0.3) is 0 Å². The van der Waals surface area contributed by atoms with Crippen molar-refractivity contribution < 1.29 is 4.52 Å². The molecule has 0 atom stereocenters. The number of nitrogen functional groups attached to an aromatic ring is 1. The summed E-state index contributed by atoms with van der Waals surface area (Å²) in [6.07, 6.45) is 2.45. The van der Waals surface area contributed by atoms with Crippen LogP contribution in [0.4, 0.5) is 5.82 Å². The van der Waals surface area contributed by atoms with E-state index >= 15 is 0 Å². The van der Waals surface area contributed by atoms with E-state index < -0.39 is 0 Å². The molecule has 3 nitrogen and oxygen atoms in total. The fraction of sp³-hybridized carbons (Fsp3) is 0.0833. The van der Waals surface area contributed by atoms with E-state index in [-0.39, 0.29) is 0 Å². The van der Waals surface area contributed by atoms with Crippen LogP contribution in [-0.2, 0) is 6.42 Å². The Hall–Kier alpha value is -2.03. The number of allylic oxidation sites excluding steroid dienone is 1. The number of rotatable bonds is 3. The number of anilines is 1. The van der Waals surface area contributed by atoms with Crippen LogP contribution in [0, 0.1) is 0 Å². The Morgan fingerprint density at radius 1 is 1.33 bits per heavy atom. The summed E-state index contributed by atoms with van der Waals surface area (Å²) < 4.78 is 5.21. The fourth-order valence-corrected chi connectivity index (χ4v) is 1.48. The number of hydrogen-bond acceptors (Lipinski definition) is 3. The van der Waals surface area contributed by atoms with Gasteiger partial charge in [0.1, 0.15) is 0 Å². The Bertz CT molecular complexity index is 460. The molecule has 0 aliphatic rings. The Labute approximate surface area is 88.2 Å². The summed E-state index contributed by atoms with van der Waals surface area (Å²) in [5.41, 5.74) is 7.60. The van der Waals surface area contributed by atoms with E-state index in [2.05, 4.69) is 11.7 Å². The quantitative estimate of drug-likeness (QED) is 0.775. The zero-order chi connectivity index (χ0) is 10.7. The molecule has 0 aliphatic heterocycles. The molecule has 0 amide bonds. The van der Waals surface area contributed by atoms with Gasteiger partial charge in [-0.2, -0.15) is 0 Å². The van der Waals surface area contributed by atoms with Crippen molar-refractivity contribution in [3.63, 3.8) is 0 Å². The predicted octanol–water partition coefficient (Wildman–Crippen LogP) is 2.65. The molecule has 0 bridgehead atoms. The van der Waals surface area contributed by atoms with Crippen LogP contribution in [0.1, 0.15) is 5.56 Å². The molecular weight excluding hydrogens is 188 g/mol. The van der Waals surface area contributed by atoms with E-state index in [9.17, 15) is 0 Å². The van der Waals surface area contributed by atoms with Crippen molar-refractivity contribution in [2.75, 3.05) is 5.73 Å². The van der Waals surface area contributed by atoms with Crippen molar-refractivity contribution >= 4 is 5.82 Å². The van der Waals surface area contributed by atoms with Crippen LogP contribution in [0.2, 0.25) is 0 Å². The predicted molar refractivity (Wildman–Crippen MR) is 60.3 cm³/mol. The average Bonchev–Trinajstić information content (AvgIpc) is 2.63. The normalized spacial score (nSPS) is 10.1. The first-order valence-electron chi connectivity index (χ1n) is 4.73. The zero-order valence-corrected chi connectivity index (χ0v) is 8.31. The third kappa shape index (κ3) is 1.76. The Balaban J connectivity index is 2.49. The monoisotopic (exact) mass is 200 g/mol. The molecule has 0 fully saturated rings. The Kier molecular flexibility index (Phi) is 2.54. The molecule has 0 spiro atoms. The van der Waals surface area contributed by atoms with Crippen molar-refractivity contribution in [2.45, 2.75) is 6.42 Å². The highest BCUT2D eigenvalue weighted by atomic mass is 16.5. The molecule has 0 unspecified atom stereocenters. The highest BCUT2D eigenvalue weighted by molar-refractivity contribution is 5.66. The summed E-state index contributed by atoms with van der Waals surface area (Å²) in [5, 5.41) is 3.77. The number of benzene rings is 1. The SMILES string of the molecule is C=CCc1c(N)noc1-c1ccccc1. The molecule has 0 aliphatic carbocycles. The summed E-state index contributed by atoms with van der Waals surface area (Å²) in [6, 6.07) is 9.78. The van der Waals surface area contributed by atoms with Crippen LogP contribution in [0.25, 0.3) is 11.3 Å². The van der Waals surface area contributed by atoms with Crippen LogP contribution in [0.15, 0.2) is 47.5 Å². The molecule has 3 heteroatoms. The highest BCUT2D eigenvalue weighted by Gasteiger charge is 2.13. The highest BCUT2D eigenvalue weighted by Crippen LogP contribution is 2.27. The first kappa shape index (κ1) is 9.52. The molecule has 76 valence electrons. The van der Waals surface area contributed by atoms with Gasteiger partial charge in [0.15, 0.2) is 11.6 Å². The fourth-order valence-electron chi connectivity index (χ4n) is 1.48. The van der Waals surface area contributed by atoms with E-state index in [0.717, 1.165) is 16.9 Å². The molecule has 2 rings (SSSR count). The van der Waals surface area contributed by atoms with E-state index in [4.69, 9.17) is 10.3 Å². The van der Waals surface area contributed by atoms with Gasteiger partial charge in [-0.25, -0.2) is 0 Å². The van der Waals surface area contributed by atoms with Gasteiger partial charge in [-0.05, 0) is 6.42 Å². The summed E-state index contributed by atoms with van der Waals surface area (Å²) in [4.78, 5) is 0. The summed E-state index contributed by atoms with van der Waals surface area (Å²) in [6.45, 7) is 3.69. The van der Waals surface area contributed by atoms with Gasteiger partial charge in [-0.3, -0.25) is 0 Å². The largest absolute Gasteiger partial charge is 0.381 e. The van der Waals surface area contributed by atoms with Gasteiger partial charge >= 0.3 is 0 Å². The molecule has 15 heavy (non-hydrogen) atoms. The second-order valence-corrected chi connectivity index (χ2v) is 3.23. The van der Waals surface area contributed by atoms with E-state index in [0.29, 0.717) is 12.2 Å². The lowest BCUT2D eigenvalue weighted by atomic mass is 10.1. The lowest BCUT2D eigenvalue weighted by molar-refractivity contribution is 0.435. The number of aromatic nitrogens is 1. The van der Waals surface area contributed by atoms with Crippen LogP contribution >= 0.6 is 0 Å². The van der Waals surface area contributed by atoms with Crippen molar-refractivity contribution in [1.29, 1.82) is 0 Å². The minimum atomic E-state index is 0.439. The maximum absolute atomic E-state index is 5.71. The van der Waals surface area contributed by atoms with Crippen molar-refractivity contribution in [3.05, 3.63) is 48.6 Å². The standard InChI is InChI=1S/C12H12N2O/c1-2-6-10-11(15-14-12(10)13)9-7-4-3-5-8-9/h2-5,7-8H,1,6H2,(H2,13,14). The second kappa shape index (κ2) is 4.00. The summed E-state index contributed by atoms with van der Waals surface area (Å²) >= 11 is 0. The molecule has 2 aromatic rings. The van der Waals surface area contributed by atoms with Gasteiger partial charge in [0.2, 0.25) is 0 Å². The molecule has 0 radical (unpaired) electrons. The molecule has 0 saturated carbocycles. The number of hydrogen-bond donors (Lipinski definition) is 1. The third-order valence-electron chi connectivity index (χ3n) is 2.20. The second-order valence-electron chi connectivity index (χ2n) is 3.23. The smallest absolute Gasteiger partial charge is 0.172 e. The number of nitrogens with zero attached hydrogens (tertiary/aromatic N) is 1. The van der Waals surface area contributed by atoms with Gasteiger partial charge < -0.3 is 10.3 Å². The zero-order valence-electron chi connectivity index (χ0n) is 8.31. The van der Waals surface area contributed by atoms with Crippen LogP contribution < -0.4 is 5.73 Å². The van der Waals surface area contributed by atoms with Gasteiger partial charge in [-0.1, -0.05) is 41.6 Å². The van der Waals surface area contributed by atoms with Crippen molar-refractivity contribution in [3.8, 4) is 11.3 Å². The summed E-state index contributed by atoms with van der Waals surface area (Å²) in [5.74, 6) is 1.17. The first-order valence-corrected chi connectivity index (χ1v) is 4.73. The molecule has 1 aromatic heterocycles. The van der Waals surface area contributed by atoms with Crippen LogP contribution in [0.5, 0.6) is 0 Å². The molecule has 2 N–H and O–H groups in total. The first-order chi connectivity index (χ1) is 7.33.